The quantitative estimate of drug-likeness (QED) is 0.591. The van der Waals surface area contributed by atoms with Gasteiger partial charge in [0.1, 0.15) is 0 Å². The van der Waals surface area contributed by atoms with Crippen LogP contribution in [0.1, 0.15) is 46.0 Å². The molecule has 0 saturated carbocycles. The lowest BCUT2D eigenvalue weighted by Crippen LogP contribution is -2.34. The fourth-order valence-corrected chi connectivity index (χ4v) is 1.34. The second kappa shape index (κ2) is 8.53. The summed E-state index contributed by atoms with van der Waals surface area (Å²) < 4.78 is 5.18. The zero-order valence-electron chi connectivity index (χ0n) is 10.7. The molecule has 0 bridgehead atoms. The molecule has 0 radical (unpaired) electrons. The average molecular weight is 231 g/mol. The number of carbonyl (C=O) groups excluding carboxylic acids is 1. The Hall–Kier alpha value is -0.610. The number of methoxy groups -OCH3 is 1. The minimum atomic E-state index is -0.388. The Morgan fingerprint density at radius 1 is 1.25 bits per heavy atom. The van der Waals surface area contributed by atoms with Gasteiger partial charge in [-0.25, -0.2) is 0 Å². The van der Waals surface area contributed by atoms with Gasteiger partial charge in [-0.1, -0.05) is 12.8 Å². The molecule has 96 valence electrons. The van der Waals surface area contributed by atoms with Gasteiger partial charge in [0.2, 0.25) is 5.91 Å². The van der Waals surface area contributed by atoms with E-state index in [1.165, 1.54) is 0 Å². The summed E-state index contributed by atoms with van der Waals surface area (Å²) >= 11 is 0. The van der Waals surface area contributed by atoms with E-state index >= 15 is 0 Å². The second-order valence-corrected chi connectivity index (χ2v) is 4.63. The number of rotatable bonds is 9. The van der Waals surface area contributed by atoms with Crippen LogP contribution in [-0.4, -0.2) is 36.9 Å². The van der Waals surface area contributed by atoms with Gasteiger partial charge in [-0.15, -0.1) is 0 Å². The number of carbonyl (C=O) groups is 1. The number of unbranched alkanes of at least 4 members (excludes halogenated alkanes) is 3. The Morgan fingerprint density at radius 3 is 2.44 bits per heavy atom. The van der Waals surface area contributed by atoms with E-state index in [2.05, 4.69) is 5.32 Å². The maximum absolute atomic E-state index is 11.5. The van der Waals surface area contributed by atoms with Crippen LogP contribution in [0, 0.1) is 0 Å². The molecule has 0 aliphatic heterocycles. The van der Waals surface area contributed by atoms with E-state index in [9.17, 15) is 4.79 Å². The molecule has 16 heavy (non-hydrogen) atoms. The highest BCUT2D eigenvalue weighted by Gasteiger charge is 2.20. The molecule has 0 aromatic heterocycles. The first-order valence-corrected chi connectivity index (χ1v) is 5.94. The summed E-state index contributed by atoms with van der Waals surface area (Å²) in [7, 11) is 1.61. The molecular formula is C12H25NO3. The van der Waals surface area contributed by atoms with Crippen molar-refractivity contribution in [2.45, 2.75) is 51.6 Å². The topological polar surface area (TPSA) is 58.6 Å². The van der Waals surface area contributed by atoms with Gasteiger partial charge in [-0.3, -0.25) is 4.79 Å². The van der Waals surface area contributed by atoms with Gasteiger partial charge in [0, 0.05) is 20.3 Å². The molecule has 0 atom stereocenters. The van der Waals surface area contributed by atoms with Crippen LogP contribution >= 0.6 is 0 Å². The van der Waals surface area contributed by atoms with E-state index in [1.807, 2.05) is 13.8 Å². The molecule has 0 aliphatic rings. The molecule has 0 aromatic rings. The van der Waals surface area contributed by atoms with Gasteiger partial charge < -0.3 is 15.2 Å². The Bertz CT molecular complexity index is 193. The zero-order chi connectivity index (χ0) is 12.4. The van der Waals surface area contributed by atoms with Crippen molar-refractivity contribution in [2.24, 2.45) is 0 Å². The molecular weight excluding hydrogens is 206 g/mol. The SMILES string of the molecule is COC(C)(C)CC(=O)NCCCCCCO. The van der Waals surface area contributed by atoms with Crippen molar-refractivity contribution >= 4 is 5.91 Å². The Morgan fingerprint density at radius 2 is 1.88 bits per heavy atom. The largest absolute Gasteiger partial charge is 0.396 e. The van der Waals surface area contributed by atoms with Crippen molar-refractivity contribution in [1.82, 2.24) is 5.32 Å². The first kappa shape index (κ1) is 15.4. The minimum Gasteiger partial charge on any atom is -0.396 e. The van der Waals surface area contributed by atoms with Crippen molar-refractivity contribution in [3.05, 3.63) is 0 Å². The van der Waals surface area contributed by atoms with Crippen molar-refractivity contribution in [2.75, 3.05) is 20.3 Å². The predicted octanol–water partition coefficient (Wildman–Crippen LogP) is 1.47. The summed E-state index contributed by atoms with van der Waals surface area (Å²) in [6.45, 7) is 4.76. The lowest BCUT2D eigenvalue weighted by Gasteiger charge is -2.21. The van der Waals surface area contributed by atoms with Crippen LogP contribution in [0.3, 0.4) is 0 Å². The zero-order valence-corrected chi connectivity index (χ0v) is 10.7. The van der Waals surface area contributed by atoms with Crippen molar-refractivity contribution < 1.29 is 14.6 Å². The van der Waals surface area contributed by atoms with Gasteiger partial charge >= 0.3 is 0 Å². The molecule has 4 nitrogen and oxygen atoms in total. The van der Waals surface area contributed by atoms with E-state index in [1.54, 1.807) is 7.11 Å². The van der Waals surface area contributed by atoms with Gasteiger partial charge in [0.25, 0.3) is 0 Å². The molecule has 4 heteroatoms. The summed E-state index contributed by atoms with van der Waals surface area (Å²) in [5.41, 5.74) is -0.388. The average Bonchev–Trinajstić information content (AvgIpc) is 2.22. The number of nitrogens with one attached hydrogen (secondary N) is 1. The summed E-state index contributed by atoms with van der Waals surface area (Å²) in [5.74, 6) is 0.0361. The molecule has 0 fully saturated rings. The highest BCUT2D eigenvalue weighted by atomic mass is 16.5. The summed E-state index contributed by atoms with van der Waals surface area (Å²) in [4.78, 5) is 11.5. The third kappa shape index (κ3) is 8.68. The fraction of sp³-hybridized carbons (Fsp3) is 0.917. The number of hydrogen-bond acceptors (Lipinski definition) is 3. The number of aliphatic hydroxyl groups excluding tert-OH is 1. The maximum Gasteiger partial charge on any atom is 0.222 e. The van der Waals surface area contributed by atoms with Gasteiger partial charge in [0.05, 0.1) is 12.0 Å². The first-order valence-electron chi connectivity index (χ1n) is 5.94. The van der Waals surface area contributed by atoms with E-state index in [4.69, 9.17) is 9.84 Å². The number of hydrogen-bond donors (Lipinski definition) is 2. The van der Waals surface area contributed by atoms with Crippen LogP contribution in [0.15, 0.2) is 0 Å². The van der Waals surface area contributed by atoms with Crippen molar-refractivity contribution in [3.8, 4) is 0 Å². The normalized spacial score (nSPS) is 11.5. The molecule has 0 heterocycles. The predicted molar refractivity (Wildman–Crippen MR) is 64.3 cm³/mol. The van der Waals surface area contributed by atoms with E-state index in [-0.39, 0.29) is 18.1 Å². The Balaban J connectivity index is 3.44. The van der Waals surface area contributed by atoms with Gasteiger partial charge in [-0.05, 0) is 26.7 Å². The monoisotopic (exact) mass is 231 g/mol. The molecule has 0 aromatic carbocycles. The molecule has 1 amide bonds. The van der Waals surface area contributed by atoms with E-state index in [0.717, 1.165) is 25.7 Å². The van der Waals surface area contributed by atoms with Crippen molar-refractivity contribution in [3.63, 3.8) is 0 Å². The number of amides is 1. The molecule has 0 unspecified atom stereocenters. The number of aliphatic hydroxyl groups is 1. The van der Waals surface area contributed by atoms with Crippen molar-refractivity contribution in [1.29, 1.82) is 0 Å². The Kier molecular flexibility index (Phi) is 8.21. The molecule has 0 spiro atoms. The van der Waals surface area contributed by atoms with Crippen LogP contribution < -0.4 is 5.32 Å². The summed E-state index contributed by atoms with van der Waals surface area (Å²) in [6.07, 6.45) is 4.29. The third-order valence-corrected chi connectivity index (χ3v) is 2.55. The third-order valence-electron chi connectivity index (χ3n) is 2.55. The minimum absolute atomic E-state index is 0.0361. The summed E-state index contributed by atoms with van der Waals surface area (Å²) in [6, 6.07) is 0. The Labute approximate surface area is 98.4 Å². The van der Waals surface area contributed by atoms with Crippen LogP contribution in [0.5, 0.6) is 0 Å². The second-order valence-electron chi connectivity index (χ2n) is 4.63. The molecule has 2 N–H and O–H groups in total. The number of ether oxygens (including phenoxy) is 1. The van der Waals surface area contributed by atoms with Crippen LogP contribution in [0.25, 0.3) is 0 Å². The van der Waals surface area contributed by atoms with E-state index in [0.29, 0.717) is 13.0 Å². The van der Waals surface area contributed by atoms with E-state index < -0.39 is 0 Å². The highest BCUT2D eigenvalue weighted by molar-refractivity contribution is 5.76. The van der Waals surface area contributed by atoms with Gasteiger partial charge in [0.15, 0.2) is 0 Å². The maximum atomic E-state index is 11.5. The van der Waals surface area contributed by atoms with Crippen LogP contribution in [0.2, 0.25) is 0 Å². The molecule has 0 rings (SSSR count). The molecule has 0 saturated heterocycles. The smallest absolute Gasteiger partial charge is 0.222 e. The standard InChI is InChI=1S/C12H25NO3/c1-12(2,16-3)10-11(15)13-8-6-4-5-7-9-14/h14H,4-10H2,1-3H3,(H,13,15). The summed E-state index contributed by atoms with van der Waals surface area (Å²) in [5, 5.41) is 11.5. The molecule has 0 aliphatic carbocycles. The van der Waals surface area contributed by atoms with Crippen LogP contribution in [-0.2, 0) is 9.53 Å². The first-order chi connectivity index (χ1) is 7.52. The lowest BCUT2D eigenvalue weighted by atomic mass is 10.0. The van der Waals surface area contributed by atoms with Gasteiger partial charge in [-0.2, -0.15) is 0 Å². The lowest BCUT2D eigenvalue weighted by molar-refractivity contribution is -0.126. The van der Waals surface area contributed by atoms with Crippen LogP contribution in [0.4, 0.5) is 0 Å². The highest BCUT2D eigenvalue weighted by Crippen LogP contribution is 2.12. The fourth-order valence-electron chi connectivity index (χ4n) is 1.34.